The van der Waals surface area contributed by atoms with Crippen LogP contribution in [-0.2, 0) is 9.53 Å². The summed E-state index contributed by atoms with van der Waals surface area (Å²) in [6.45, 7) is 11.6. The van der Waals surface area contributed by atoms with Gasteiger partial charge in [-0.2, -0.15) is 0 Å². The molecular formula is C16H30N2O2. The summed E-state index contributed by atoms with van der Waals surface area (Å²) in [6, 6.07) is -0.00666. The van der Waals surface area contributed by atoms with E-state index in [0.29, 0.717) is 0 Å². The molecule has 0 amide bonds. The molecule has 0 unspecified atom stereocenters. The van der Waals surface area contributed by atoms with E-state index in [1.807, 2.05) is 20.8 Å². The minimum absolute atomic E-state index is 0.00666. The zero-order valence-corrected chi connectivity index (χ0v) is 13.4. The van der Waals surface area contributed by atoms with Gasteiger partial charge in [0.05, 0.1) is 0 Å². The fraction of sp³-hybridized carbons (Fsp3) is 0.938. The van der Waals surface area contributed by atoms with Gasteiger partial charge in [-0.1, -0.05) is 0 Å². The van der Waals surface area contributed by atoms with Crippen LogP contribution in [0.15, 0.2) is 0 Å². The van der Waals surface area contributed by atoms with Gasteiger partial charge in [-0.25, -0.2) is 0 Å². The monoisotopic (exact) mass is 282 g/mol. The van der Waals surface area contributed by atoms with Gasteiger partial charge in [-0.3, -0.25) is 9.69 Å². The minimum atomic E-state index is -0.374. The van der Waals surface area contributed by atoms with E-state index in [1.165, 1.54) is 38.9 Å². The molecule has 2 saturated heterocycles. The Bertz CT molecular complexity index is 319. The third-order valence-corrected chi connectivity index (χ3v) is 4.16. The number of esters is 1. The highest BCUT2D eigenvalue weighted by atomic mass is 16.6. The first-order valence-corrected chi connectivity index (χ1v) is 8.15. The average molecular weight is 282 g/mol. The molecule has 2 fully saturated rings. The van der Waals surface area contributed by atoms with Gasteiger partial charge in [-0.05, 0) is 79.1 Å². The predicted octanol–water partition coefficient (Wildman–Crippen LogP) is 2.28. The number of nitrogens with zero attached hydrogens (tertiary/aromatic N) is 2. The second-order valence-corrected chi connectivity index (χ2v) is 7.13. The lowest BCUT2D eigenvalue weighted by Crippen LogP contribution is -2.41. The maximum atomic E-state index is 12.2. The van der Waals surface area contributed by atoms with E-state index in [-0.39, 0.29) is 17.6 Å². The van der Waals surface area contributed by atoms with E-state index in [0.717, 1.165) is 25.9 Å². The summed E-state index contributed by atoms with van der Waals surface area (Å²) in [6.07, 6.45) is 5.94. The van der Waals surface area contributed by atoms with E-state index in [9.17, 15) is 4.79 Å². The highest BCUT2D eigenvalue weighted by Gasteiger charge is 2.33. The summed E-state index contributed by atoms with van der Waals surface area (Å²) in [5, 5.41) is 0. The third kappa shape index (κ3) is 4.74. The number of carbonyl (C=O) groups is 1. The first kappa shape index (κ1) is 15.8. The van der Waals surface area contributed by atoms with Crippen molar-refractivity contribution in [3.63, 3.8) is 0 Å². The fourth-order valence-corrected chi connectivity index (χ4v) is 3.23. The van der Waals surface area contributed by atoms with Crippen molar-refractivity contribution in [2.75, 3.05) is 32.7 Å². The molecule has 2 heterocycles. The Morgan fingerprint density at radius 3 is 2.45 bits per heavy atom. The number of hydrogen-bond acceptors (Lipinski definition) is 4. The zero-order valence-electron chi connectivity index (χ0n) is 13.4. The number of likely N-dealkylation sites (tertiary alicyclic amines) is 2. The molecule has 1 atom stereocenters. The van der Waals surface area contributed by atoms with Crippen LogP contribution < -0.4 is 0 Å². The van der Waals surface area contributed by atoms with Gasteiger partial charge < -0.3 is 9.64 Å². The number of ether oxygens (including phenoxy) is 1. The van der Waals surface area contributed by atoms with Crippen LogP contribution in [0.2, 0.25) is 0 Å². The molecule has 2 rings (SSSR count). The van der Waals surface area contributed by atoms with Crippen molar-refractivity contribution in [3.8, 4) is 0 Å². The van der Waals surface area contributed by atoms with E-state index >= 15 is 0 Å². The molecule has 0 spiro atoms. The summed E-state index contributed by atoms with van der Waals surface area (Å²) >= 11 is 0. The number of hydrogen-bond donors (Lipinski definition) is 0. The summed E-state index contributed by atoms with van der Waals surface area (Å²) in [4.78, 5) is 17.1. The average Bonchev–Trinajstić information content (AvgIpc) is 2.97. The molecule has 2 aliphatic heterocycles. The van der Waals surface area contributed by atoms with Crippen LogP contribution >= 0.6 is 0 Å². The minimum Gasteiger partial charge on any atom is -0.459 e. The number of rotatable bonds is 5. The standard InChI is InChI=1S/C16H30N2O2/c1-16(2,3)20-15(19)14-8-6-12-18(14)13-7-11-17-9-4-5-10-17/h14H,4-13H2,1-3H3/t14-/m1/s1. The van der Waals surface area contributed by atoms with Crippen LogP contribution in [0, 0.1) is 0 Å². The lowest BCUT2D eigenvalue weighted by atomic mass is 10.1. The Balaban J connectivity index is 1.73. The largest absolute Gasteiger partial charge is 0.459 e. The molecule has 0 saturated carbocycles. The molecule has 0 aromatic rings. The number of carbonyl (C=O) groups excluding carboxylic acids is 1. The van der Waals surface area contributed by atoms with E-state index in [2.05, 4.69) is 9.80 Å². The predicted molar refractivity (Wildman–Crippen MR) is 80.7 cm³/mol. The van der Waals surface area contributed by atoms with Crippen molar-refractivity contribution in [1.29, 1.82) is 0 Å². The van der Waals surface area contributed by atoms with Gasteiger partial charge in [0.2, 0.25) is 0 Å². The lowest BCUT2D eigenvalue weighted by Gasteiger charge is -2.27. The molecule has 116 valence electrons. The second-order valence-electron chi connectivity index (χ2n) is 7.13. The quantitative estimate of drug-likeness (QED) is 0.724. The molecule has 4 heteroatoms. The second kappa shape index (κ2) is 6.90. The van der Waals surface area contributed by atoms with Gasteiger partial charge in [0.1, 0.15) is 11.6 Å². The van der Waals surface area contributed by atoms with Crippen molar-refractivity contribution < 1.29 is 9.53 Å². The molecule has 4 nitrogen and oxygen atoms in total. The van der Waals surface area contributed by atoms with Crippen LogP contribution in [0.1, 0.15) is 52.9 Å². The Hall–Kier alpha value is -0.610. The molecule has 2 aliphatic rings. The van der Waals surface area contributed by atoms with Gasteiger partial charge in [0.25, 0.3) is 0 Å². The Labute approximate surface area is 123 Å². The first-order chi connectivity index (χ1) is 9.46. The summed E-state index contributed by atoms with van der Waals surface area (Å²) in [5.41, 5.74) is -0.374. The molecule has 0 aliphatic carbocycles. The topological polar surface area (TPSA) is 32.8 Å². The van der Waals surface area contributed by atoms with Crippen LogP contribution in [0.3, 0.4) is 0 Å². The molecule has 0 N–H and O–H groups in total. The van der Waals surface area contributed by atoms with Crippen LogP contribution in [0.4, 0.5) is 0 Å². The van der Waals surface area contributed by atoms with Crippen molar-refractivity contribution in [2.24, 2.45) is 0 Å². The third-order valence-electron chi connectivity index (χ3n) is 4.16. The normalized spacial score (nSPS) is 25.2. The lowest BCUT2D eigenvalue weighted by molar-refractivity contribution is -0.160. The fourth-order valence-electron chi connectivity index (χ4n) is 3.23. The molecule has 0 aromatic heterocycles. The molecule has 0 radical (unpaired) electrons. The molecule has 20 heavy (non-hydrogen) atoms. The van der Waals surface area contributed by atoms with Gasteiger partial charge in [0.15, 0.2) is 0 Å². The van der Waals surface area contributed by atoms with Crippen molar-refractivity contribution in [1.82, 2.24) is 9.80 Å². The van der Waals surface area contributed by atoms with Crippen LogP contribution in [0.5, 0.6) is 0 Å². The van der Waals surface area contributed by atoms with Gasteiger partial charge in [-0.15, -0.1) is 0 Å². The smallest absolute Gasteiger partial charge is 0.323 e. The molecule has 0 bridgehead atoms. The maximum absolute atomic E-state index is 12.2. The van der Waals surface area contributed by atoms with Crippen LogP contribution in [-0.4, -0.2) is 60.1 Å². The Morgan fingerprint density at radius 2 is 1.80 bits per heavy atom. The van der Waals surface area contributed by atoms with Crippen LogP contribution in [0.25, 0.3) is 0 Å². The zero-order chi connectivity index (χ0) is 14.6. The summed E-state index contributed by atoms with van der Waals surface area (Å²) in [5.74, 6) is -0.0313. The Morgan fingerprint density at radius 1 is 1.10 bits per heavy atom. The SMILES string of the molecule is CC(C)(C)OC(=O)[C@H]1CCCN1CCCN1CCCC1. The van der Waals surface area contributed by atoms with Crippen molar-refractivity contribution in [3.05, 3.63) is 0 Å². The Kier molecular flexibility index (Phi) is 5.44. The highest BCUT2D eigenvalue weighted by Crippen LogP contribution is 2.21. The summed E-state index contributed by atoms with van der Waals surface area (Å²) < 4.78 is 5.54. The van der Waals surface area contributed by atoms with Gasteiger partial charge in [0, 0.05) is 6.54 Å². The van der Waals surface area contributed by atoms with Crippen molar-refractivity contribution >= 4 is 5.97 Å². The highest BCUT2D eigenvalue weighted by molar-refractivity contribution is 5.76. The van der Waals surface area contributed by atoms with E-state index < -0.39 is 0 Å². The summed E-state index contributed by atoms with van der Waals surface area (Å²) in [7, 11) is 0. The maximum Gasteiger partial charge on any atom is 0.323 e. The van der Waals surface area contributed by atoms with Gasteiger partial charge >= 0.3 is 5.97 Å². The molecule has 0 aromatic carbocycles. The van der Waals surface area contributed by atoms with Crippen molar-refractivity contribution in [2.45, 2.75) is 64.5 Å². The first-order valence-electron chi connectivity index (χ1n) is 8.15. The molecular weight excluding hydrogens is 252 g/mol. The van der Waals surface area contributed by atoms with E-state index in [4.69, 9.17) is 4.74 Å². The van der Waals surface area contributed by atoms with E-state index in [1.54, 1.807) is 0 Å².